The lowest BCUT2D eigenvalue weighted by molar-refractivity contribution is 0.0958. The lowest BCUT2D eigenvalue weighted by atomic mass is 9.77. The summed E-state index contributed by atoms with van der Waals surface area (Å²) in [6.07, 6.45) is 1.28. The Morgan fingerprint density at radius 3 is 2.82 bits per heavy atom. The molecule has 0 bridgehead atoms. The van der Waals surface area contributed by atoms with Crippen molar-refractivity contribution >= 4 is 0 Å². The molecule has 22 heavy (non-hydrogen) atoms. The van der Waals surface area contributed by atoms with Crippen LogP contribution in [0.3, 0.4) is 0 Å². The van der Waals surface area contributed by atoms with Gasteiger partial charge in [-0.15, -0.1) is 0 Å². The molecule has 0 radical (unpaired) electrons. The topological polar surface area (TPSA) is 24.9 Å². The molecular formula is C18H28N2O2. The lowest BCUT2D eigenvalue weighted by Crippen LogP contribution is -2.36. The molecule has 0 N–H and O–H groups in total. The molecule has 0 unspecified atom stereocenters. The summed E-state index contributed by atoms with van der Waals surface area (Å²) in [6.45, 7) is 6.57. The van der Waals surface area contributed by atoms with E-state index in [1.165, 1.54) is 31.6 Å². The molecule has 1 spiro atoms. The van der Waals surface area contributed by atoms with E-state index >= 15 is 0 Å². The molecule has 122 valence electrons. The fourth-order valence-corrected chi connectivity index (χ4v) is 4.39. The van der Waals surface area contributed by atoms with Gasteiger partial charge >= 0.3 is 0 Å². The van der Waals surface area contributed by atoms with E-state index in [2.05, 4.69) is 35.0 Å². The fourth-order valence-electron chi connectivity index (χ4n) is 4.39. The van der Waals surface area contributed by atoms with Crippen molar-refractivity contribution < 1.29 is 9.47 Å². The van der Waals surface area contributed by atoms with Gasteiger partial charge in [-0.05, 0) is 26.1 Å². The number of benzene rings is 1. The lowest BCUT2D eigenvalue weighted by Gasteiger charge is -2.30. The van der Waals surface area contributed by atoms with Gasteiger partial charge < -0.3 is 14.4 Å². The second-order valence-electron chi connectivity index (χ2n) is 6.98. The first kappa shape index (κ1) is 15.8. The number of hydrogen-bond acceptors (Lipinski definition) is 4. The number of rotatable bonds is 5. The monoisotopic (exact) mass is 304 g/mol. The van der Waals surface area contributed by atoms with Gasteiger partial charge in [0.15, 0.2) is 0 Å². The Morgan fingerprint density at radius 2 is 2.05 bits per heavy atom. The van der Waals surface area contributed by atoms with Gasteiger partial charge in [0, 0.05) is 50.2 Å². The number of methoxy groups -OCH3 is 2. The summed E-state index contributed by atoms with van der Waals surface area (Å²) in [7, 11) is 5.82. The fraction of sp³-hybridized carbons (Fsp3) is 0.667. The molecule has 0 amide bonds. The van der Waals surface area contributed by atoms with E-state index in [0.29, 0.717) is 11.3 Å². The van der Waals surface area contributed by atoms with Crippen molar-refractivity contribution in [3.63, 3.8) is 0 Å². The van der Waals surface area contributed by atoms with Crippen LogP contribution in [0.25, 0.3) is 0 Å². The Labute approximate surface area is 134 Å². The van der Waals surface area contributed by atoms with Crippen LogP contribution < -0.4 is 4.74 Å². The third-order valence-corrected chi connectivity index (χ3v) is 5.40. The minimum Gasteiger partial charge on any atom is -0.496 e. The highest BCUT2D eigenvalue weighted by molar-refractivity contribution is 5.33. The van der Waals surface area contributed by atoms with Crippen LogP contribution in [-0.2, 0) is 11.3 Å². The quantitative estimate of drug-likeness (QED) is 0.832. The van der Waals surface area contributed by atoms with Crippen LogP contribution in [0.5, 0.6) is 5.75 Å². The maximum Gasteiger partial charge on any atom is 0.123 e. The molecular weight excluding hydrogens is 276 g/mol. The molecule has 2 aliphatic rings. The van der Waals surface area contributed by atoms with Crippen LogP contribution in [0.1, 0.15) is 12.0 Å². The van der Waals surface area contributed by atoms with Gasteiger partial charge in [0.25, 0.3) is 0 Å². The smallest absolute Gasteiger partial charge is 0.123 e. The molecule has 4 heteroatoms. The highest BCUT2D eigenvalue weighted by Crippen LogP contribution is 2.44. The van der Waals surface area contributed by atoms with Crippen molar-refractivity contribution in [2.75, 3.05) is 54.1 Å². The predicted octanol–water partition coefficient (Wildman–Crippen LogP) is 2.10. The van der Waals surface area contributed by atoms with E-state index in [1.807, 2.05) is 13.2 Å². The van der Waals surface area contributed by atoms with Gasteiger partial charge in [-0.1, -0.05) is 18.2 Å². The summed E-state index contributed by atoms with van der Waals surface area (Å²) < 4.78 is 11.0. The molecule has 2 aliphatic heterocycles. The van der Waals surface area contributed by atoms with Crippen LogP contribution in [-0.4, -0.2) is 63.9 Å². The first-order chi connectivity index (χ1) is 10.7. The summed E-state index contributed by atoms with van der Waals surface area (Å²) in [6, 6.07) is 8.37. The Bertz CT molecular complexity index is 508. The molecule has 1 aromatic carbocycles. The third-order valence-electron chi connectivity index (χ3n) is 5.40. The summed E-state index contributed by atoms with van der Waals surface area (Å²) in [5.74, 6) is 1.66. The zero-order valence-electron chi connectivity index (χ0n) is 14.0. The number of hydrogen-bond donors (Lipinski definition) is 0. The number of para-hydroxylation sites is 1. The number of likely N-dealkylation sites (tertiary alicyclic amines) is 2. The van der Waals surface area contributed by atoms with E-state index in [0.717, 1.165) is 25.4 Å². The second kappa shape index (κ2) is 6.57. The summed E-state index contributed by atoms with van der Waals surface area (Å²) in [4.78, 5) is 5.05. The van der Waals surface area contributed by atoms with Crippen molar-refractivity contribution in [1.82, 2.24) is 9.80 Å². The summed E-state index contributed by atoms with van der Waals surface area (Å²) >= 11 is 0. The van der Waals surface area contributed by atoms with Gasteiger partial charge in [0.2, 0.25) is 0 Å². The van der Waals surface area contributed by atoms with E-state index in [4.69, 9.17) is 9.47 Å². The van der Waals surface area contributed by atoms with E-state index in [-0.39, 0.29) is 0 Å². The van der Waals surface area contributed by atoms with Crippen molar-refractivity contribution in [3.8, 4) is 5.75 Å². The summed E-state index contributed by atoms with van der Waals surface area (Å²) in [5, 5.41) is 0. The third kappa shape index (κ3) is 3.00. The Hall–Kier alpha value is -1.10. The molecule has 2 saturated heterocycles. The minimum absolute atomic E-state index is 0.409. The average Bonchev–Trinajstić information content (AvgIpc) is 3.04. The molecule has 0 aliphatic carbocycles. The van der Waals surface area contributed by atoms with E-state index in [1.54, 1.807) is 7.11 Å². The molecule has 2 atom stereocenters. The summed E-state index contributed by atoms with van der Waals surface area (Å²) in [5.41, 5.74) is 1.70. The van der Waals surface area contributed by atoms with E-state index in [9.17, 15) is 0 Å². The second-order valence-corrected chi connectivity index (χ2v) is 6.98. The van der Waals surface area contributed by atoms with Crippen LogP contribution in [0.2, 0.25) is 0 Å². The van der Waals surface area contributed by atoms with Gasteiger partial charge in [-0.25, -0.2) is 0 Å². The molecule has 0 saturated carbocycles. The SMILES string of the molecule is COC[C@@H]1CN(C)C[C@]12CCN(Cc1ccccc1OC)C2. The van der Waals surface area contributed by atoms with Crippen LogP contribution in [0.4, 0.5) is 0 Å². The van der Waals surface area contributed by atoms with Crippen molar-refractivity contribution in [2.45, 2.75) is 13.0 Å². The van der Waals surface area contributed by atoms with Crippen molar-refractivity contribution in [1.29, 1.82) is 0 Å². The standard InChI is InChI=1S/C18H28N2O2/c1-19-11-16(12-21-2)18(13-19)8-9-20(14-18)10-15-6-4-5-7-17(15)22-3/h4-7,16H,8-14H2,1-3H3/t16-,18-/m0/s1. The molecule has 2 fully saturated rings. The first-order valence-electron chi connectivity index (χ1n) is 8.18. The van der Waals surface area contributed by atoms with Crippen LogP contribution in [0.15, 0.2) is 24.3 Å². The maximum absolute atomic E-state index is 5.49. The van der Waals surface area contributed by atoms with Gasteiger partial charge in [-0.2, -0.15) is 0 Å². The zero-order chi connectivity index (χ0) is 15.6. The van der Waals surface area contributed by atoms with Crippen molar-refractivity contribution in [3.05, 3.63) is 29.8 Å². The molecule has 3 rings (SSSR count). The maximum atomic E-state index is 5.49. The zero-order valence-corrected chi connectivity index (χ0v) is 14.0. The largest absolute Gasteiger partial charge is 0.496 e. The highest BCUT2D eigenvalue weighted by Gasteiger charge is 2.49. The van der Waals surface area contributed by atoms with Crippen LogP contribution in [0, 0.1) is 11.3 Å². The highest BCUT2D eigenvalue weighted by atomic mass is 16.5. The molecule has 4 nitrogen and oxygen atoms in total. The van der Waals surface area contributed by atoms with Gasteiger partial charge in [-0.3, -0.25) is 4.90 Å². The average molecular weight is 304 g/mol. The molecule has 0 aromatic heterocycles. The van der Waals surface area contributed by atoms with Crippen molar-refractivity contribution in [2.24, 2.45) is 11.3 Å². The molecule has 2 heterocycles. The Morgan fingerprint density at radius 1 is 1.23 bits per heavy atom. The normalized spacial score (nSPS) is 29.5. The van der Waals surface area contributed by atoms with Crippen LogP contribution >= 0.6 is 0 Å². The molecule has 1 aromatic rings. The number of nitrogens with zero attached hydrogens (tertiary/aromatic N) is 2. The predicted molar refractivity (Wildman–Crippen MR) is 88.2 cm³/mol. The van der Waals surface area contributed by atoms with Gasteiger partial charge in [0.1, 0.15) is 5.75 Å². The minimum atomic E-state index is 0.409. The number of ether oxygens (including phenoxy) is 2. The Balaban J connectivity index is 1.69. The van der Waals surface area contributed by atoms with E-state index < -0.39 is 0 Å². The Kier molecular flexibility index (Phi) is 4.71. The first-order valence-corrected chi connectivity index (χ1v) is 8.18. The van der Waals surface area contributed by atoms with Gasteiger partial charge in [0.05, 0.1) is 13.7 Å².